The van der Waals surface area contributed by atoms with E-state index in [1.54, 1.807) is 36.4 Å². The van der Waals surface area contributed by atoms with Gasteiger partial charge in [0.15, 0.2) is 16.0 Å². The number of fused-ring (bicyclic) bond motifs is 1. The first-order valence-corrected chi connectivity index (χ1v) is 9.39. The molecular weight excluding hydrogens is 487 g/mol. The Bertz CT molecular complexity index is 1140. The second-order valence-corrected chi connectivity index (χ2v) is 7.49. The summed E-state index contributed by atoms with van der Waals surface area (Å²) in [6.07, 6.45) is 0. The van der Waals surface area contributed by atoms with Crippen LogP contribution in [0, 0.1) is 0 Å². The molecule has 0 aliphatic heterocycles. The normalized spacial score (nSPS) is 11.0. The van der Waals surface area contributed by atoms with Gasteiger partial charge in [0.25, 0.3) is 5.91 Å². The fraction of sp³-hybridized carbons (Fsp3) is 0. The number of furan rings is 1. The number of amides is 1. The molecule has 0 saturated carbocycles. The first-order chi connectivity index (χ1) is 12.5. The van der Waals surface area contributed by atoms with Crippen molar-refractivity contribution < 1.29 is 13.6 Å². The van der Waals surface area contributed by atoms with E-state index in [1.165, 1.54) is 0 Å². The SMILES string of the molecule is O=C(Nc1ccc2oc(-c3cc(Br)ccc3Cl)nc2c1)c1ccc(Br)o1. The highest BCUT2D eigenvalue weighted by Gasteiger charge is 2.14. The molecule has 0 bridgehead atoms. The minimum absolute atomic E-state index is 0.207. The number of nitrogens with zero attached hydrogens (tertiary/aromatic N) is 1. The number of benzene rings is 2. The van der Waals surface area contributed by atoms with Crippen molar-refractivity contribution in [2.24, 2.45) is 0 Å². The maximum absolute atomic E-state index is 12.2. The van der Waals surface area contributed by atoms with Crippen LogP contribution in [0.3, 0.4) is 0 Å². The van der Waals surface area contributed by atoms with Gasteiger partial charge in [0, 0.05) is 10.2 Å². The van der Waals surface area contributed by atoms with Crippen LogP contribution in [0.1, 0.15) is 10.6 Å². The number of rotatable bonds is 3. The van der Waals surface area contributed by atoms with Crippen molar-refractivity contribution in [2.75, 3.05) is 5.32 Å². The third-order valence-electron chi connectivity index (χ3n) is 3.60. The number of anilines is 1. The van der Waals surface area contributed by atoms with Crippen LogP contribution in [-0.2, 0) is 0 Å². The summed E-state index contributed by atoms with van der Waals surface area (Å²) in [4.78, 5) is 16.7. The van der Waals surface area contributed by atoms with E-state index < -0.39 is 0 Å². The molecule has 0 aliphatic carbocycles. The lowest BCUT2D eigenvalue weighted by atomic mass is 10.2. The summed E-state index contributed by atoms with van der Waals surface area (Å²) in [5, 5.41) is 3.30. The molecule has 1 amide bonds. The van der Waals surface area contributed by atoms with Crippen LogP contribution >= 0.6 is 43.5 Å². The molecule has 26 heavy (non-hydrogen) atoms. The lowest BCUT2D eigenvalue weighted by Gasteiger charge is -2.02. The average molecular weight is 497 g/mol. The maximum Gasteiger partial charge on any atom is 0.291 e. The van der Waals surface area contributed by atoms with Gasteiger partial charge in [-0.3, -0.25) is 4.79 Å². The van der Waals surface area contributed by atoms with E-state index in [-0.39, 0.29) is 11.7 Å². The van der Waals surface area contributed by atoms with E-state index in [2.05, 4.69) is 42.2 Å². The van der Waals surface area contributed by atoms with Crippen LogP contribution in [-0.4, -0.2) is 10.9 Å². The van der Waals surface area contributed by atoms with Gasteiger partial charge in [0.05, 0.1) is 10.6 Å². The largest absolute Gasteiger partial charge is 0.444 e. The van der Waals surface area contributed by atoms with Crippen LogP contribution in [0.25, 0.3) is 22.6 Å². The summed E-state index contributed by atoms with van der Waals surface area (Å²) in [5.74, 6) is 0.261. The third-order valence-corrected chi connectivity index (χ3v) is 4.85. The molecule has 0 atom stereocenters. The molecule has 0 spiro atoms. The zero-order valence-corrected chi connectivity index (χ0v) is 16.9. The molecule has 130 valence electrons. The number of hydrogen-bond acceptors (Lipinski definition) is 4. The Morgan fingerprint density at radius 2 is 1.88 bits per heavy atom. The van der Waals surface area contributed by atoms with Crippen molar-refractivity contribution in [3.8, 4) is 11.5 Å². The van der Waals surface area contributed by atoms with E-state index >= 15 is 0 Å². The first kappa shape index (κ1) is 17.3. The van der Waals surface area contributed by atoms with Crippen molar-refractivity contribution >= 4 is 66.2 Å². The topological polar surface area (TPSA) is 68.3 Å². The second-order valence-electron chi connectivity index (χ2n) is 5.38. The van der Waals surface area contributed by atoms with Crippen LogP contribution in [0.2, 0.25) is 5.02 Å². The second kappa shape index (κ2) is 6.90. The molecule has 8 heteroatoms. The molecule has 0 saturated heterocycles. The number of oxazole rings is 1. The van der Waals surface area contributed by atoms with Crippen molar-refractivity contribution in [3.63, 3.8) is 0 Å². The summed E-state index contributed by atoms with van der Waals surface area (Å²) >= 11 is 12.8. The number of hydrogen-bond donors (Lipinski definition) is 1. The fourth-order valence-corrected chi connectivity index (χ4v) is 3.28. The van der Waals surface area contributed by atoms with Crippen LogP contribution in [0.15, 0.2) is 66.5 Å². The van der Waals surface area contributed by atoms with Gasteiger partial charge in [-0.25, -0.2) is 4.98 Å². The molecule has 5 nitrogen and oxygen atoms in total. The molecule has 0 fully saturated rings. The molecule has 4 rings (SSSR count). The van der Waals surface area contributed by atoms with Crippen LogP contribution < -0.4 is 5.32 Å². The minimum Gasteiger partial charge on any atom is -0.444 e. The smallest absolute Gasteiger partial charge is 0.291 e. The Hall–Kier alpha value is -2.09. The highest BCUT2D eigenvalue weighted by molar-refractivity contribution is 9.10. The third kappa shape index (κ3) is 3.42. The van der Waals surface area contributed by atoms with Gasteiger partial charge < -0.3 is 14.2 Å². The lowest BCUT2D eigenvalue weighted by molar-refractivity contribution is 0.0995. The minimum atomic E-state index is -0.353. The Labute approximate surface area is 169 Å². The molecule has 4 aromatic rings. The molecule has 0 unspecified atom stereocenters. The monoisotopic (exact) mass is 494 g/mol. The Morgan fingerprint density at radius 3 is 2.65 bits per heavy atom. The number of aromatic nitrogens is 1. The molecule has 2 heterocycles. The van der Waals surface area contributed by atoms with E-state index in [0.29, 0.717) is 37.9 Å². The van der Waals surface area contributed by atoms with Crippen LogP contribution in [0.5, 0.6) is 0 Å². The molecule has 2 aromatic heterocycles. The van der Waals surface area contributed by atoms with E-state index in [4.69, 9.17) is 20.4 Å². The van der Waals surface area contributed by atoms with Gasteiger partial charge in [-0.05, 0) is 64.5 Å². The number of carbonyl (C=O) groups excluding carboxylic acids is 1. The summed E-state index contributed by atoms with van der Waals surface area (Å²) in [6.45, 7) is 0. The summed E-state index contributed by atoms with van der Waals surface area (Å²) in [6, 6.07) is 13.9. The highest BCUT2D eigenvalue weighted by Crippen LogP contribution is 2.33. The average Bonchev–Trinajstić information content (AvgIpc) is 3.22. The Kier molecular flexibility index (Phi) is 4.60. The van der Waals surface area contributed by atoms with E-state index in [0.717, 1.165) is 4.47 Å². The van der Waals surface area contributed by atoms with E-state index in [9.17, 15) is 4.79 Å². The molecule has 2 aromatic carbocycles. The van der Waals surface area contributed by atoms with Crippen molar-refractivity contribution in [1.82, 2.24) is 4.98 Å². The molecule has 1 N–H and O–H groups in total. The van der Waals surface area contributed by atoms with Gasteiger partial charge in [-0.15, -0.1) is 0 Å². The van der Waals surface area contributed by atoms with Gasteiger partial charge >= 0.3 is 0 Å². The summed E-state index contributed by atoms with van der Waals surface area (Å²) in [7, 11) is 0. The van der Waals surface area contributed by atoms with Gasteiger partial charge in [-0.2, -0.15) is 0 Å². The van der Waals surface area contributed by atoms with Crippen molar-refractivity contribution in [2.45, 2.75) is 0 Å². The zero-order valence-electron chi connectivity index (χ0n) is 12.9. The summed E-state index contributed by atoms with van der Waals surface area (Å²) in [5.41, 5.74) is 2.46. The van der Waals surface area contributed by atoms with E-state index in [1.807, 2.05) is 12.1 Å². The van der Waals surface area contributed by atoms with Crippen molar-refractivity contribution in [3.05, 3.63) is 68.5 Å². The lowest BCUT2D eigenvalue weighted by Crippen LogP contribution is -2.10. The predicted octanol–water partition coefficient (Wildman–Crippen LogP) is 6.52. The Morgan fingerprint density at radius 1 is 1.04 bits per heavy atom. The van der Waals surface area contributed by atoms with Gasteiger partial charge in [0.2, 0.25) is 5.89 Å². The molecule has 0 radical (unpaired) electrons. The highest BCUT2D eigenvalue weighted by atomic mass is 79.9. The number of carbonyl (C=O) groups is 1. The molecular formula is C18H9Br2ClN2O3. The Balaban J connectivity index is 1.65. The zero-order chi connectivity index (χ0) is 18.3. The molecule has 0 aliphatic rings. The van der Waals surface area contributed by atoms with Crippen LogP contribution in [0.4, 0.5) is 5.69 Å². The predicted molar refractivity (Wildman–Crippen MR) is 107 cm³/mol. The quantitative estimate of drug-likeness (QED) is 0.351. The number of halogens is 3. The van der Waals surface area contributed by atoms with Crippen molar-refractivity contribution in [1.29, 1.82) is 0 Å². The van der Waals surface area contributed by atoms with Gasteiger partial charge in [0.1, 0.15) is 5.52 Å². The number of nitrogens with one attached hydrogen (secondary N) is 1. The first-order valence-electron chi connectivity index (χ1n) is 7.42. The summed E-state index contributed by atoms with van der Waals surface area (Å²) < 4.78 is 12.4. The fourth-order valence-electron chi connectivity index (χ4n) is 2.41. The standard InChI is InChI=1S/C18H9Br2ClN2O3/c19-9-1-3-12(21)11(7-9)18-23-13-8-10(2-4-14(13)26-18)22-17(24)15-5-6-16(20)25-15/h1-8H,(H,22,24). The maximum atomic E-state index is 12.2. The van der Waals surface area contributed by atoms with Gasteiger partial charge in [-0.1, -0.05) is 27.5 Å².